The van der Waals surface area contributed by atoms with Gasteiger partial charge in [0.25, 0.3) is 0 Å². The van der Waals surface area contributed by atoms with Gasteiger partial charge in [0, 0.05) is 45.0 Å². The Morgan fingerprint density at radius 3 is 2.35 bits per heavy atom. The Kier molecular flexibility index (Phi) is 5.76. The van der Waals surface area contributed by atoms with Crippen LogP contribution in [0.5, 0.6) is 0 Å². The summed E-state index contributed by atoms with van der Waals surface area (Å²) in [5.41, 5.74) is 8.83. The Morgan fingerprint density at radius 1 is 0.903 bits per heavy atom. The fourth-order valence-corrected chi connectivity index (χ4v) is 4.15. The molecule has 3 aromatic carbocycles. The van der Waals surface area contributed by atoms with Crippen LogP contribution in [0.25, 0.3) is 0 Å². The number of fused-ring (bicyclic) bond motifs is 1. The number of nitrogens with zero attached hydrogens (tertiary/aromatic N) is 3. The van der Waals surface area contributed by atoms with E-state index < -0.39 is 0 Å². The van der Waals surface area contributed by atoms with Crippen molar-refractivity contribution in [2.24, 2.45) is 10.1 Å². The number of halogens is 2. The van der Waals surface area contributed by atoms with Crippen LogP contribution < -0.4 is 10.3 Å². The minimum absolute atomic E-state index is 0.652. The Morgan fingerprint density at radius 2 is 1.61 bits per heavy atom. The topological polar surface area (TPSA) is 49.2 Å². The number of morpholine rings is 1. The number of anilines is 1. The smallest absolute Gasteiger partial charge is 0.154 e. The molecule has 0 spiro atoms. The van der Waals surface area contributed by atoms with Gasteiger partial charge in [0.15, 0.2) is 5.84 Å². The number of benzene rings is 3. The third-order valence-corrected chi connectivity index (χ3v) is 6.12. The molecule has 1 fully saturated rings. The molecule has 5 rings (SSSR count). The minimum atomic E-state index is 0.652. The highest BCUT2D eigenvalue weighted by Gasteiger charge is 2.19. The van der Waals surface area contributed by atoms with Crippen molar-refractivity contribution in [3.8, 4) is 0 Å². The van der Waals surface area contributed by atoms with Crippen LogP contribution in [0.1, 0.15) is 16.7 Å². The van der Waals surface area contributed by atoms with Crippen molar-refractivity contribution in [1.82, 2.24) is 5.43 Å². The fraction of sp³-hybridized carbons (Fsp3) is 0.167. The van der Waals surface area contributed by atoms with E-state index in [0.29, 0.717) is 10.9 Å². The molecular formula is C24H20BrClN4O. The van der Waals surface area contributed by atoms with Gasteiger partial charge in [0.1, 0.15) is 5.71 Å². The summed E-state index contributed by atoms with van der Waals surface area (Å²) in [7, 11) is 0. The van der Waals surface area contributed by atoms with Crippen molar-refractivity contribution < 1.29 is 4.74 Å². The van der Waals surface area contributed by atoms with Crippen LogP contribution >= 0.6 is 27.5 Å². The number of aliphatic imine (C=N–C) groups is 1. The van der Waals surface area contributed by atoms with Crippen LogP contribution in [0.2, 0.25) is 5.02 Å². The summed E-state index contributed by atoms with van der Waals surface area (Å²) in [5.74, 6) is 0.691. The van der Waals surface area contributed by atoms with Crippen molar-refractivity contribution in [3.63, 3.8) is 0 Å². The zero-order valence-corrected chi connectivity index (χ0v) is 19.0. The van der Waals surface area contributed by atoms with Crippen LogP contribution in [-0.4, -0.2) is 37.9 Å². The Hall–Kier alpha value is -2.67. The maximum Gasteiger partial charge on any atom is 0.154 e. The van der Waals surface area contributed by atoms with Gasteiger partial charge in [-0.15, -0.1) is 0 Å². The number of hydrogen-bond donors (Lipinski definition) is 1. The number of hydrogen-bond acceptors (Lipinski definition) is 5. The summed E-state index contributed by atoms with van der Waals surface area (Å²) in [6.45, 7) is 3.34. The van der Waals surface area contributed by atoms with E-state index >= 15 is 0 Å². The summed E-state index contributed by atoms with van der Waals surface area (Å²) in [5, 5.41) is 5.38. The molecule has 0 aromatic heterocycles. The third kappa shape index (κ3) is 4.37. The van der Waals surface area contributed by atoms with E-state index in [4.69, 9.17) is 26.4 Å². The average Bonchev–Trinajstić information content (AvgIpc) is 3.00. The zero-order chi connectivity index (χ0) is 21.2. The lowest BCUT2D eigenvalue weighted by atomic mass is 10.0. The zero-order valence-electron chi connectivity index (χ0n) is 16.7. The third-order valence-electron chi connectivity index (χ3n) is 5.35. The summed E-state index contributed by atoms with van der Waals surface area (Å²) in [6.07, 6.45) is 0. The largest absolute Gasteiger partial charge is 0.378 e. The predicted molar refractivity (Wildman–Crippen MR) is 130 cm³/mol. The first kappa shape index (κ1) is 20.2. The lowest BCUT2D eigenvalue weighted by molar-refractivity contribution is 0.122. The minimum Gasteiger partial charge on any atom is -0.378 e. The molecule has 0 saturated carbocycles. The van der Waals surface area contributed by atoms with Gasteiger partial charge in [-0.25, -0.2) is 4.99 Å². The van der Waals surface area contributed by atoms with E-state index in [1.54, 1.807) is 0 Å². The van der Waals surface area contributed by atoms with Crippen LogP contribution in [0.4, 0.5) is 11.4 Å². The maximum atomic E-state index is 6.33. The molecule has 7 heteroatoms. The molecule has 156 valence electrons. The van der Waals surface area contributed by atoms with Gasteiger partial charge in [0.2, 0.25) is 0 Å². The van der Waals surface area contributed by atoms with Gasteiger partial charge in [-0.3, -0.25) is 5.43 Å². The summed E-state index contributed by atoms with van der Waals surface area (Å²) in [6, 6.07) is 22.2. The molecule has 2 aliphatic heterocycles. The van der Waals surface area contributed by atoms with E-state index in [0.717, 1.165) is 58.9 Å². The van der Waals surface area contributed by atoms with E-state index in [-0.39, 0.29) is 0 Å². The lowest BCUT2D eigenvalue weighted by Gasteiger charge is -2.29. The predicted octanol–water partition coefficient (Wildman–Crippen LogP) is 5.37. The van der Waals surface area contributed by atoms with Crippen molar-refractivity contribution in [1.29, 1.82) is 0 Å². The van der Waals surface area contributed by atoms with Crippen LogP contribution in [0, 0.1) is 0 Å². The van der Waals surface area contributed by atoms with Crippen molar-refractivity contribution in [2.45, 2.75) is 0 Å². The van der Waals surface area contributed by atoms with E-state index in [2.05, 4.69) is 50.5 Å². The number of amidine groups is 1. The molecule has 0 bridgehead atoms. The molecule has 2 heterocycles. The molecule has 3 aromatic rings. The summed E-state index contributed by atoms with van der Waals surface area (Å²) < 4.78 is 6.48. The van der Waals surface area contributed by atoms with Gasteiger partial charge < -0.3 is 9.64 Å². The number of nitrogens with one attached hydrogen (secondary N) is 1. The SMILES string of the molecule is Clc1ccc2c(c1)C(c1ccc(N3CCOCC3)cc1)=NNC(c1ccc(Br)cc1)=N2. The van der Waals surface area contributed by atoms with Crippen LogP contribution in [0.3, 0.4) is 0 Å². The van der Waals surface area contributed by atoms with E-state index in [9.17, 15) is 0 Å². The molecule has 0 radical (unpaired) electrons. The molecular weight excluding hydrogens is 476 g/mol. The first-order chi connectivity index (χ1) is 15.2. The monoisotopic (exact) mass is 494 g/mol. The van der Waals surface area contributed by atoms with Crippen LogP contribution in [0.15, 0.2) is 81.3 Å². The molecule has 1 saturated heterocycles. The van der Waals surface area contributed by atoms with Gasteiger partial charge in [-0.2, -0.15) is 5.10 Å². The molecule has 0 aliphatic carbocycles. The highest BCUT2D eigenvalue weighted by molar-refractivity contribution is 9.10. The molecule has 0 atom stereocenters. The second kappa shape index (κ2) is 8.83. The summed E-state index contributed by atoms with van der Waals surface area (Å²) in [4.78, 5) is 7.18. The number of hydrazone groups is 1. The molecule has 2 aliphatic rings. The second-order valence-electron chi connectivity index (χ2n) is 7.35. The Labute approximate surface area is 194 Å². The van der Waals surface area contributed by atoms with Crippen LogP contribution in [-0.2, 0) is 4.74 Å². The van der Waals surface area contributed by atoms with E-state index in [1.807, 2.05) is 42.5 Å². The highest BCUT2D eigenvalue weighted by atomic mass is 79.9. The average molecular weight is 496 g/mol. The van der Waals surface area contributed by atoms with Gasteiger partial charge in [0.05, 0.1) is 18.9 Å². The Balaban J connectivity index is 1.52. The number of ether oxygens (including phenoxy) is 1. The first-order valence-electron chi connectivity index (χ1n) is 10.1. The second-order valence-corrected chi connectivity index (χ2v) is 8.70. The number of rotatable bonds is 3. The van der Waals surface area contributed by atoms with E-state index in [1.165, 1.54) is 5.69 Å². The quantitative estimate of drug-likeness (QED) is 0.531. The van der Waals surface area contributed by atoms with Gasteiger partial charge >= 0.3 is 0 Å². The summed E-state index contributed by atoms with van der Waals surface area (Å²) >= 11 is 9.81. The highest BCUT2D eigenvalue weighted by Crippen LogP contribution is 2.29. The van der Waals surface area contributed by atoms with Gasteiger partial charge in [-0.1, -0.05) is 51.8 Å². The first-order valence-corrected chi connectivity index (χ1v) is 11.3. The maximum absolute atomic E-state index is 6.33. The molecule has 31 heavy (non-hydrogen) atoms. The fourth-order valence-electron chi connectivity index (χ4n) is 3.72. The normalized spacial score (nSPS) is 16.0. The molecule has 1 N–H and O–H groups in total. The Bertz CT molecular complexity index is 1150. The molecule has 0 unspecified atom stereocenters. The van der Waals surface area contributed by atoms with Crippen molar-refractivity contribution in [3.05, 3.63) is 92.9 Å². The molecule has 0 amide bonds. The van der Waals surface area contributed by atoms with Crippen molar-refractivity contribution in [2.75, 3.05) is 31.2 Å². The van der Waals surface area contributed by atoms with Crippen molar-refractivity contribution >= 4 is 50.5 Å². The lowest BCUT2D eigenvalue weighted by Crippen LogP contribution is -2.36. The molecule has 5 nitrogen and oxygen atoms in total. The standard InChI is InChI=1S/C24H20BrClN4O/c25-18-5-1-17(2-6-18)24-27-22-10-7-19(26)15-21(22)23(28-29-24)16-3-8-20(9-4-16)30-11-13-31-14-12-30/h1-10,15H,11-14H2,(H,27,29). The van der Waals surface area contributed by atoms with Gasteiger partial charge in [-0.05, 0) is 42.5 Å².